The maximum Gasteiger partial charge on any atom is 0.229 e. The van der Waals surface area contributed by atoms with Crippen molar-refractivity contribution in [2.24, 2.45) is 15.0 Å². The molecule has 96 heavy (non-hydrogen) atoms. The molecule has 17 N–H and O–H groups in total. The van der Waals surface area contributed by atoms with Gasteiger partial charge in [-0.15, -0.1) is 0 Å². The molecule has 4 saturated heterocycles. The van der Waals surface area contributed by atoms with Crippen LogP contribution >= 0.6 is 0 Å². The molecule has 0 aliphatic carbocycles. The van der Waals surface area contributed by atoms with Gasteiger partial charge in [-0.05, 0) is 119 Å². The van der Waals surface area contributed by atoms with E-state index >= 15 is 0 Å². The summed E-state index contributed by atoms with van der Waals surface area (Å²) in [5, 5.41) is 167. The third kappa shape index (κ3) is 12.8. The summed E-state index contributed by atoms with van der Waals surface area (Å²) in [4.78, 5) is 19.7. The quantitative estimate of drug-likeness (QED) is 0.0534. The summed E-state index contributed by atoms with van der Waals surface area (Å²) >= 11 is 0. The van der Waals surface area contributed by atoms with Crippen LogP contribution in [-0.4, -0.2) is 253 Å². The van der Waals surface area contributed by atoms with Crippen LogP contribution in [0.1, 0.15) is 39.6 Å². The van der Waals surface area contributed by atoms with E-state index in [1.807, 2.05) is 48.6 Å². The summed E-state index contributed by atoms with van der Waals surface area (Å²) in [5.74, 6) is 0.0338. The maximum absolute atomic E-state index is 10.8. The molecular weight excluding hydrogens is 1260 g/mol. The van der Waals surface area contributed by atoms with Gasteiger partial charge in [-0.3, -0.25) is 9.98 Å². The standard InChI is InChI=1S/C68H70N4O24/c73-25-45-53(77)57(81)61(85)65(93-45)89-33-9-1-29(2-10-33)49-37-17-19-39(69-37)50(30-3-11-34(12-4-30)90-66-62(86)58(82)54(78)46(26-74)94-66)41-21-23-43(71-41)52(32-7-15-36(16-8-32)92-68-64(88)60(84)56(80)48(28-76)96-68)44-24-22-42(72-44)51(40-20-18-38(49)70-40)31-5-13-35(14-6-31)91-67-63(87)59(83)55(79)47(27-75)95-67/h1-24,45-49,53-68,71,73-88H,25-28H2/b50-39-,51-40-,52-44-/t45-,46-,47-,48-,49?,53-,54-,55-,56-,57+,58+,59+,60+,61-,62-,63-,64-,65-,66-,67-,68-/m1/s1. The summed E-state index contributed by atoms with van der Waals surface area (Å²) in [6.45, 7) is -2.66. The van der Waals surface area contributed by atoms with E-state index < -0.39 is 155 Å². The Bertz CT molecular complexity index is 3930. The molecule has 0 spiro atoms. The summed E-state index contributed by atoms with van der Waals surface area (Å²) in [6.07, 6.45) is -19.7. The zero-order valence-electron chi connectivity index (χ0n) is 50.6. The number of aromatic amines is 1. The SMILES string of the molecule is OC[C@H]1O[C@@H](Oc2ccc(/C3=C4\C=CC(=N4)C(c4ccc(O[C@@H]5O[C@H](CO)[C@@H](O)[C@H](O)[C@H]5O)cc4)C4=N/C(=C(/c5ccc(O[C@@H]6O[C@H](CO)[C@@H](O)[C@H](O)[C@H]6O)cc5)c5ccc([nH]5)/C(c5ccc(O[C@@H]6O[C@H](CO)[C@@H](O)[C@H](O)[C@H]6O)cc5)=C5/C=CC3=N5)C=C4)cc2)[C@H](O)[C@@H](O)[C@@H]1O. The third-order valence-electron chi connectivity index (χ3n) is 17.8. The van der Waals surface area contributed by atoms with Crippen LogP contribution in [0.4, 0.5) is 0 Å². The van der Waals surface area contributed by atoms with Crippen molar-refractivity contribution >= 4 is 33.9 Å². The number of fused-ring (bicyclic) bond motifs is 5. The summed E-state index contributed by atoms with van der Waals surface area (Å²) in [5.41, 5.74) is 8.02. The van der Waals surface area contributed by atoms with Crippen molar-refractivity contribution in [2.75, 3.05) is 26.4 Å². The van der Waals surface area contributed by atoms with Gasteiger partial charge in [0.15, 0.2) is 0 Å². The normalized spacial score (nSPS) is 36.5. The van der Waals surface area contributed by atoms with E-state index in [1.54, 1.807) is 97.1 Å². The minimum atomic E-state index is -1.69. The number of ether oxygens (including phenoxy) is 8. The van der Waals surface area contributed by atoms with Gasteiger partial charge in [0, 0.05) is 28.1 Å². The summed E-state index contributed by atoms with van der Waals surface area (Å²) in [6, 6.07) is 30.5. The van der Waals surface area contributed by atoms with Gasteiger partial charge < -0.3 is 125 Å². The lowest BCUT2D eigenvalue weighted by Crippen LogP contribution is -2.60. The van der Waals surface area contributed by atoms with Crippen LogP contribution in [-0.2, 0) is 18.9 Å². The Morgan fingerprint density at radius 2 is 0.604 bits per heavy atom. The Balaban J connectivity index is 0.936. The fourth-order valence-electron chi connectivity index (χ4n) is 12.5. The topological polar surface area (TPSA) is 450 Å². The van der Waals surface area contributed by atoms with E-state index in [4.69, 9.17) is 52.9 Å². The van der Waals surface area contributed by atoms with Crippen LogP contribution in [0.15, 0.2) is 178 Å². The van der Waals surface area contributed by atoms with Gasteiger partial charge in [0.25, 0.3) is 0 Å². The van der Waals surface area contributed by atoms with Crippen LogP contribution in [0, 0.1) is 0 Å². The van der Waals surface area contributed by atoms with E-state index in [0.717, 1.165) is 0 Å². The van der Waals surface area contributed by atoms with Crippen molar-refractivity contribution in [1.82, 2.24) is 4.98 Å². The fourth-order valence-corrected chi connectivity index (χ4v) is 12.5. The van der Waals surface area contributed by atoms with Crippen LogP contribution in [0.3, 0.4) is 0 Å². The second-order valence-corrected chi connectivity index (χ2v) is 24.0. The van der Waals surface area contributed by atoms with Gasteiger partial charge in [-0.25, -0.2) is 4.99 Å². The smallest absolute Gasteiger partial charge is 0.229 e. The number of H-pyrrole nitrogens is 1. The lowest BCUT2D eigenvalue weighted by Gasteiger charge is -2.39. The number of hydrogen-bond donors (Lipinski definition) is 17. The average molecular weight is 1330 g/mol. The van der Waals surface area contributed by atoms with E-state index in [2.05, 4.69) is 4.98 Å². The van der Waals surface area contributed by atoms with Gasteiger partial charge in [0.2, 0.25) is 25.2 Å². The number of nitrogens with one attached hydrogen (secondary N) is 1. The highest BCUT2D eigenvalue weighted by Crippen LogP contribution is 2.42. The Morgan fingerprint density at radius 3 is 0.938 bits per heavy atom. The zero-order chi connectivity index (χ0) is 67.4. The monoisotopic (exact) mass is 1330 g/mol. The van der Waals surface area contributed by atoms with Gasteiger partial charge in [0.05, 0.1) is 66.6 Å². The highest BCUT2D eigenvalue weighted by Gasteiger charge is 2.48. The molecule has 1 aromatic heterocycles. The minimum absolute atomic E-state index is 0.187. The molecule has 4 fully saturated rings. The molecule has 0 amide bonds. The van der Waals surface area contributed by atoms with Gasteiger partial charge in [0.1, 0.15) is 121 Å². The predicted molar refractivity (Wildman–Crippen MR) is 336 cm³/mol. The number of rotatable bonds is 16. The van der Waals surface area contributed by atoms with Crippen LogP contribution in [0.2, 0.25) is 0 Å². The molecule has 5 aromatic rings. The second kappa shape index (κ2) is 27.9. The highest BCUT2D eigenvalue weighted by atomic mass is 16.7. The number of allylic oxidation sites excluding steroid dienone is 7. The van der Waals surface area contributed by atoms with Crippen molar-refractivity contribution in [3.63, 3.8) is 0 Å². The highest BCUT2D eigenvalue weighted by molar-refractivity contribution is 6.33. The number of aromatic nitrogens is 1. The molecule has 0 radical (unpaired) electrons. The predicted octanol–water partition coefficient (Wildman–Crippen LogP) is -1.51. The molecule has 13 rings (SSSR count). The van der Waals surface area contributed by atoms with E-state index in [-0.39, 0.29) is 23.0 Å². The van der Waals surface area contributed by atoms with Gasteiger partial charge in [-0.2, -0.15) is 0 Å². The summed E-state index contributed by atoms with van der Waals surface area (Å²) in [7, 11) is 0. The van der Waals surface area contributed by atoms with Crippen LogP contribution < -0.4 is 18.9 Å². The molecule has 28 nitrogen and oxygen atoms in total. The Morgan fingerprint density at radius 1 is 0.312 bits per heavy atom. The third-order valence-corrected chi connectivity index (χ3v) is 17.8. The second-order valence-electron chi connectivity index (χ2n) is 24.0. The zero-order valence-corrected chi connectivity index (χ0v) is 50.6. The van der Waals surface area contributed by atoms with Crippen molar-refractivity contribution in [3.05, 3.63) is 196 Å². The van der Waals surface area contributed by atoms with Gasteiger partial charge >= 0.3 is 0 Å². The van der Waals surface area contributed by atoms with E-state index in [0.29, 0.717) is 84.6 Å². The number of aliphatic imine (C=N–C) groups is 3. The van der Waals surface area contributed by atoms with Crippen molar-refractivity contribution in [1.29, 1.82) is 0 Å². The number of nitrogens with zero attached hydrogens (tertiary/aromatic N) is 3. The average Bonchev–Trinajstić information content (AvgIpc) is 1.58. The molecule has 0 saturated carbocycles. The Kier molecular flexibility index (Phi) is 19.3. The van der Waals surface area contributed by atoms with Crippen LogP contribution in [0.5, 0.6) is 23.0 Å². The number of benzene rings is 4. The van der Waals surface area contributed by atoms with E-state index in [1.165, 1.54) is 0 Å². The molecule has 21 atom stereocenters. The van der Waals surface area contributed by atoms with Crippen molar-refractivity contribution < 1.29 is 120 Å². The molecular formula is C68H70N4O24. The molecule has 506 valence electrons. The first-order valence-corrected chi connectivity index (χ1v) is 30.9. The molecule has 9 heterocycles. The maximum atomic E-state index is 10.8. The molecule has 8 aliphatic rings. The minimum Gasteiger partial charge on any atom is -0.462 e. The van der Waals surface area contributed by atoms with E-state index in [9.17, 15) is 81.7 Å². The van der Waals surface area contributed by atoms with Crippen LogP contribution in [0.25, 0.3) is 16.7 Å². The Labute approximate surface area is 546 Å². The lowest BCUT2D eigenvalue weighted by atomic mass is 9.89. The first-order chi connectivity index (χ1) is 46.3. The molecule has 1 unspecified atom stereocenters. The van der Waals surface area contributed by atoms with Crippen molar-refractivity contribution in [2.45, 2.75) is 129 Å². The fraction of sp³-hybridized carbons (Fsp3) is 0.368. The Hall–Kier alpha value is -7.99. The summed E-state index contributed by atoms with van der Waals surface area (Å²) < 4.78 is 46.6. The molecule has 8 bridgehead atoms. The molecule has 28 heteroatoms. The number of aliphatic hydroxyl groups excluding tert-OH is 16. The first-order valence-electron chi connectivity index (χ1n) is 30.9. The molecule has 8 aliphatic heterocycles. The lowest BCUT2D eigenvalue weighted by molar-refractivity contribution is -0.277. The molecule has 4 aromatic carbocycles. The first kappa shape index (κ1) is 66.6. The number of aliphatic hydroxyl groups is 16. The number of hydrogen-bond acceptors (Lipinski definition) is 27. The van der Waals surface area contributed by atoms with Gasteiger partial charge in [-0.1, -0.05) is 48.5 Å². The largest absolute Gasteiger partial charge is 0.462 e. The van der Waals surface area contributed by atoms with Crippen molar-refractivity contribution in [3.8, 4) is 23.0 Å².